The van der Waals surface area contributed by atoms with E-state index in [2.05, 4.69) is 15.3 Å². The third kappa shape index (κ3) is 3.29. The van der Waals surface area contributed by atoms with Gasteiger partial charge < -0.3 is 9.72 Å². The van der Waals surface area contributed by atoms with Crippen LogP contribution in [0.3, 0.4) is 0 Å². The van der Waals surface area contributed by atoms with E-state index in [-0.39, 0.29) is 0 Å². The Morgan fingerprint density at radius 2 is 1.80 bits per heavy atom. The second-order valence-electron chi connectivity index (χ2n) is 5.41. The molecule has 0 aliphatic heterocycles. The van der Waals surface area contributed by atoms with Gasteiger partial charge in [0.15, 0.2) is 0 Å². The minimum absolute atomic E-state index is 0.391. The quantitative estimate of drug-likeness (QED) is 0.529. The summed E-state index contributed by atoms with van der Waals surface area (Å²) in [6.07, 6.45) is 3.47. The van der Waals surface area contributed by atoms with E-state index in [1.165, 1.54) is 0 Å². The van der Waals surface area contributed by atoms with Gasteiger partial charge in [0, 0.05) is 18.0 Å². The molecule has 0 aliphatic rings. The van der Waals surface area contributed by atoms with Gasteiger partial charge in [0.2, 0.25) is 5.95 Å². The highest BCUT2D eigenvalue weighted by Crippen LogP contribution is 2.26. The van der Waals surface area contributed by atoms with Crippen molar-refractivity contribution in [2.24, 2.45) is 0 Å². The minimum atomic E-state index is 0.391. The van der Waals surface area contributed by atoms with Crippen molar-refractivity contribution in [3.8, 4) is 11.3 Å². The maximum atomic E-state index is 6.17. The molecule has 0 aliphatic carbocycles. The summed E-state index contributed by atoms with van der Waals surface area (Å²) in [7, 11) is 0. The molecule has 1 aromatic carbocycles. The molecule has 25 heavy (non-hydrogen) atoms. The summed E-state index contributed by atoms with van der Waals surface area (Å²) in [4.78, 5) is 13.1. The van der Waals surface area contributed by atoms with Crippen LogP contribution in [0.2, 0.25) is 10.2 Å². The lowest BCUT2D eigenvalue weighted by molar-refractivity contribution is 0.977. The lowest BCUT2D eigenvalue weighted by Crippen LogP contribution is -2.06. The monoisotopic (exact) mass is 369 g/mol. The van der Waals surface area contributed by atoms with Gasteiger partial charge in [-0.2, -0.15) is 0 Å². The van der Waals surface area contributed by atoms with Crippen molar-refractivity contribution >= 4 is 34.8 Å². The van der Waals surface area contributed by atoms with Crippen LogP contribution in [0.1, 0.15) is 5.69 Å². The second-order valence-corrected chi connectivity index (χ2v) is 6.23. The van der Waals surface area contributed by atoms with Crippen molar-refractivity contribution in [1.82, 2.24) is 19.4 Å². The van der Waals surface area contributed by atoms with E-state index in [9.17, 15) is 0 Å². The summed E-state index contributed by atoms with van der Waals surface area (Å²) >= 11 is 12.1. The Balaban J connectivity index is 1.78. The summed E-state index contributed by atoms with van der Waals surface area (Å²) in [6.45, 7) is 0.478. The van der Waals surface area contributed by atoms with Gasteiger partial charge in [-0.15, -0.1) is 0 Å². The number of halogens is 2. The topological polar surface area (TPSA) is 55.1 Å². The Hall–Kier alpha value is -2.63. The molecule has 0 saturated heterocycles. The van der Waals surface area contributed by atoms with Gasteiger partial charge in [0.05, 0.1) is 23.0 Å². The summed E-state index contributed by atoms with van der Waals surface area (Å²) in [6, 6.07) is 15.4. The van der Waals surface area contributed by atoms with E-state index < -0.39 is 0 Å². The molecule has 0 radical (unpaired) electrons. The first-order valence-corrected chi connectivity index (χ1v) is 8.40. The Morgan fingerprint density at radius 1 is 0.960 bits per heavy atom. The average Bonchev–Trinajstić information content (AvgIpc) is 2.98. The van der Waals surface area contributed by atoms with Crippen molar-refractivity contribution in [2.75, 3.05) is 5.32 Å². The fourth-order valence-corrected chi connectivity index (χ4v) is 2.95. The van der Waals surface area contributed by atoms with E-state index in [1.54, 1.807) is 12.3 Å². The Labute approximate surface area is 154 Å². The van der Waals surface area contributed by atoms with Gasteiger partial charge in [-0.05, 0) is 18.2 Å². The van der Waals surface area contributed by atoms with Crippen molar-refractivity contribution in [3.05, 3.63) is 76.8 Å². The largest absolute Gasteiger partial charge is 0.349 e. The number of imidazole rings is 1. The van der Waals surface area contributed by atoms with Crippen LogP contribution in [0.25, 0.3) is 16.9 Å². The number of nitrogens with one attached hydrogen (secondary N) is 1. The molecule has 0 unspecified atom stereocenters. The predicted octanol–water partition coefficient (Wildman–Crippen LogP) is 4.71. The van der Waals surface area contributed by atoms with E-state index in [0.29, 0.717) is 22.7 Å². The maximum Gasteiger partial charge on any atom is 0.224 e. The highest BCUT2D eigenvalue weighted by atomic mass is 35.5. The smallest absolute Gasteiger partial charge is 0.224 e. The van der Waals surface area contributed by atoms with E-state index in [0.717, 1.165) is 22.6 Å². The fourth-order valence-electron chi connectivity index (χ4n) is 2.65. The predicted molar refractivity (Wildman–Crippen MR) is 100 cm³/mol. The normalized spacial score (nSPS) is 11.0. The standard InChI is InChI=1S/C18H13Cl2N5/c19-13-6-7-16-24-17(12-4-2-1-3-5-12)14(25(16)11-13)10-22-18-21-9-8-15(20)23-18/h1-9,11H,10H2,(H,21,22,23). The molecule has 0 fully saturated rings. The first-order chi connectivity index (χ1) is 12.2. The van der Waals surface area contributed by atoms with Crippen LogP contribution in [0.5, 0.6) is 0 Å². The van der Waals surface area contributed by atoms with Crippen LogP contribution in [0, 0.1) is 0 Å². The summed E-state index contributed by atoms with van der Waals surface area (Å²) in [5.41, 5.74) is 3.71. The molecule has 0 saturated carbocycles. The van der Waals surface area contributed by atoms with Gasteiger partial charge in [0.1, 0.15) is 10.8 Å². The van der Waals surface area contributed by atoms with E-state index >= 15 is 0 Å². The molecule has 7 heteroatoms. The van der Waals surface area contributed by atoms with Gasteiger partial charge in [0.25, 0.3) is 0 Å². The third-order valence-corrected chi connectivity index (χ3v) is 4.20. The van der Waals surface area contributed by atoms with Crippen molar-refractivity contribution in [3.63, 3.8) is 0 Å². The molecule has 1 N–H and O–H groups in total. The number of hydrogen-bond donors (Lipinski definition) is 1. The van der Waals surface area contributed by atoms with Crippen LogP contribution >= 0.6 is 23.2 Å². The van der Waals surface area contributed by atoms with Crippen LogP contribution in [0.15, 0.2) is 60.9 Å². The number of aromatic nitrogens is 4. The zero-order chi connectivity index (χ0) is 17.2. The number of rotatable bonds is 4. The molecule has 4 aromatic rings. The summed E-state index contributed by atoms with van der Waals surface area (Å²) in [5, 5.41) is 4.23. The SMILES string of the molecule is Clc1ccc2nc(-c3ccccc3)c(CNc3nccc(Cl)n3)n2c1. The number of fused-ring (bicyclic) bond motifs is 1. The first kappa shape index (κ1) is 15.9. The van der Waals surface area contributed by atoms with E-state index in [4.69, 9.17) is 28.2 Å². The number of pyridine rings is 1. The van der Waals surface area contributed by atoms with Gasteiger partial charge >= 0.3 is 0 Å². The van der Waals surface area contributed by atoms with Crippen LogP contribution in [0.4, 0.5) is 5.95 Å². The van der Waals surface area contributed by atoms with Gasteiger partial charge in [-0.1, -0.05) is 53.5 Å². The molecule has 0 amide bonds. The lowest BCUT2D eigenvalue weighted by atomic mass is 10.1. The third-order valence-electron chi connectivity index (χ3n) is 3.76. The first-order valence-electron chi connectivity index (χ1n) is 7.65. The molecule has 0 spiro atoms. The molecule has 3 aromatic heterocycles. The molecule has 0 atom stereocenters. The number of benzene rings is 1. The highest BCUT2D eigenvalue weighted by molar-refractivity contribution is 6.30. The van der Waals surface area contributed by atoms with Gasteiger partial charge in [-0.25, -0.2) is 15.0 Å². The zero-order valence-corrected chi connectivity index (χ0v) is 14.5. The Morgan fingerprint density at radius 3 is 2.60 bits per heavy atom. The van der Waals surface area contributed by atoms with Gasteiger partial charge in [-0.3, -0.25) is 0 Å². The molecule has 5 nitrogen and oxygen atoms in total. The molecule has 3 heterocycles. The fraction of sp³-hybridized carbons (Fsp3) is 0.0556. The Kier molecular flexibility index (Phi) is 4.26. The lowest BCUT2D eigenvalue weighted by Gasteiger charge is -2.08. The average molecular weight is 370 g/mol. The highest BCUT2D eigenvalue weighted by Gasteiger charge is 2.14. The molecule has 0 bridgehead atoms. The molecular weight excluding hydrogens is 357 g/mol. The second kappa shape index (κ2) is 6.70. The zero-order valence-electron chi connectivity index (χ0n) is 13.0. The van der Waals surface area contributed by atoms with Crippen molar-refractivity contribution in [2.45, 2.75) is 6.54 Å². The number of anilines is 1. The molecular formula is C18H13Cl2N5. The van der Waals surface area contributed by atoms with Crippen LogP contribution < -0.4 is 5.32 Å². The number of nitrogens with zero attached hydrogens (tertiary/aromatic N) is 4. The number of hydrogen-bond acceptors (Lipinski definition) is 4. The van der Waals surface area contributed by atoms with Crippen molar-refractivity contribution in [1.29, 1.82) is 0 Å². The van der Waals surface area contributed by atoms with Crippen molar-refractivity contribution < 1.29 is 0 Å². The Bertz CT molecular complexity index is 1030. The van der Waals surface area contributed by atoms with Crippen LogP contribution in [-0.2, 0) is 6.54 Å². The minimum Gasteiger partial charge on any atom is -0.349 e. The molecule has 4 rings (SSSR count). The summed E-state index contributed by atoms with van der Waals surface area (Å²) in [5.74, 6) is 0.462. The van der Waals surface area contributed by atoms with E-state index in [1.807, 2.05) is 53.1 Å². The van der Waals surface area contributed by atoms with Crippen LogP contribution in [-0.4, -0.2) is 19.4 Å². The molecule has 124 valence electrons. The summed E-state index contributed by atoms with van der Waals surface area (Å²) < 4.78 is 1.97. The maximum absolute atomic E-state index is 6.17.